The molecule has 3 rings (SSSR count). The van der Waals surface area contributed by atoms with Crippen LogP contribution in [0.3, 0.4) is 0 Å². The van der Waals surface area contributed by atoms with E-state index in [4.69, 9.17) is 9.47 Å². The van der Waals surface area contributed by atoms with Crippen molar-refractivity contribution in [3.8, 4) is 11.5 Å². The van der Waals surface area contributed by atoms with E-state index in [9.17, 15) is 9.59 Å². The fraction of sp³-hybridized carbons (Fsp3) is 0.391. The molecule has 154 valence electrons. The maximum atomic E-state index is 12.9. The van der Waals surface area contributed by atoms with Crippen LogP contribution >= 0.6 is 0 Å². The molecule has 0 N–H and O–H groups in total. The first-order valence-corrected chi connectivity index (χ1v) is 9.95. The van der Waals surface area contributed by atoms with Crippen LogP contribution in [-0.2, 0) is 9.59 Å². The fourth-order valence-electron chi connectivity index (χ4n) is 3.30. The zero-order valence-electron chi connectivity index (χ0n) is 17.0. The van der Waals surface area contributed by atoms with E-state index in [-0.39, 0.29) is 11.8 Å². The molecule has 1 aliphatic rings. The van der Waals surface area contributed by atoms with E-state index in [0.29, 0.717) is 45.0 Å². The van der Waals surface area contributed by atoms with Gasteiger partial charge in [-0.3, -0.25) is 9.59 Å². The van der Waals surface area contributed by atoms with E-state index in [1.807, 2.05) is 60.7 Å². The van der Waals surface area contributed by atoms with Crippen molar-refractivity contribution in [1.82, 2.24) is 9.80 Å². The SMILES string of the molecule is CC(C)(Oc1ccccc1)C(=O)N1CCN(C(=O)CCOc2ccccc2)CC1. The molecule has 1 fully saturated rings. The smallest absolute Gasteiger partial charge is 0.266 e. The number of carbonyl (C=O) groups is 2. The molecule has 0 saturated carbocycles. The Bertz CT molecular complexity index is 800. The second-order valence-corrected chi connectivity index (χ2v) is 7.51. The summed E-state index contributed by atoms with van der Waals surface area (Å²) in [5.74, 6) is 1.41. The van der Waals surface area contributed by atoms with Crippen LogP contribution in [0.5, 0.6) is 11.5 Å². The molecule has 2 aromatic carbocycles. The van der Waals surface area contributed by atoms with E-state index in [1.54, 1.807) is 23.6 Å². The number of piperazine rings is 1. The number of nitrogens with zero attached hydrogens (tertiary/aromatic N) is 2. The quantitative estimate of drug-likeness (QED) is 0.722. The number of hydrogen-bond acceptors (Lipinski definition) is 4. The number of ether oxygens (including phenoxy) is 2. The molecule has 6 heteroatoms. The Balaban J connectivity index is 1.44. The highest BCUT2D eigenvalue weighted by atomic mass is 16.5. The van der Waals surface area contributed by atoms with Gasteiger partial charge >= 0.3 is 0 Å². The molecule has 0 bridgehead atoms. The van der Waals surface area contributed by atoms with Crippen molar-refractivity contribution >= 4 is 11.8 Å². The highest BCUT2D eigenvalue weighted by Gasteiger charge is 2.36. The standard InChI is InChI=1S/C23H28N2O4/c1-23(2,29-20-11-7-4-8-12-20)22(27)25-16-14-24(15-17-25)21(26)13-18-28-19-9-5-3-6-10-19/h3-12H,13-18H2,1-2H3. The molecule has 0 radical (unpaired) electrons. The maximum absolute atomic E-state index is 12.9. The van der Waals surface area contributed by atoms with Crippen molar-refractivity contribution < 1.29 is 19.1 Å². The van der Waals surface area contributed by atoms with Crippen LogP contribution in [0.1, 0.15) is 20.3 Å². The first-order valence-electron chi connectivity index (χ1n) is 9.95. The molecule has 2 aromatic rings. The fourth-order valence-corrected chi connectivity index (χ4v) is 3.30. The molecule has 0 unspecified atom stereocenters. The third-order valence-corrected chi connectivity index (χ3v) is 4.88. The number of hydrogen-bond donors (Lipinski definition) is 0. The van der Waals surface area contributed by atoms with Gasteiger partial charge in [-0.15, -0.1) is 0 Å². The molecule has 6 nitrogen and oxygen atoms in total. The van der Waals surface area contributed by atoms with Crippen molar-refractivity contribution in [1.29, 1.82) is 0 Å². The Labute approximate surface area is 172 Å². The highest BCUT2D eigenvalue weighted by Crippen LogP contribution is 2.21. The number of carbonyl (C=O) groups excluding carboxylic acids is 2. The molecule has 0 aliphatic carbocycles. The van der Waals surface area contributed by atoms with E-state index >= 15 is 0 Å². The molecule has 0 aromatic heterocycles. The third kappa shape index (κ3) is 5.73. The third-order valence-electron chi connectivity index (χ3n) is 4.88. The van der Waals surface area contributed by atoms with Crippen molar-refractivity contribution in [2.24, 2.45) is 0 Å². The molecular weight excluding hydrogens is 368 g/mol. The van der Waals surface area contributed by atoms with Gasteiger partial charge in [0.1, 0.15) is 11.5 Å². The molecule has 0 spiro atoms. The lowest BCUT2D eigenvalue weighted by molar-refractivity contribution is -0.149. The Kier molecular flexibility index (Phi) is 6.75. The predicted molar refractivity (Wildman–Crippen MR) is 111 cm³/mol. The van der Waals surface area contributed by atoms with Gasteiger partial charge in [-0.05, 0) is 38.1 Å². The van der Waals surface area contributed by atoms with Crippen LogP contribution in [0.25, 0.3) is 0 Å². The normalized spacial score (nSPS) is 14.4. The molecule has 1 heterocycles. The number of amides is 2. The van der Waals surface area contributed by atoms with Crippen LogP contribution in [0, 0.1) is 0 Å². The average molecular weight is 396 g/mol. The van der Waals surface area contributed by atoms with Gasteiger partial charge in [0.05, 0.1) is 13.0 Å². The summed E-state index contributed by atoms with van der Waals surface area (Å²) in [4.78, 5) is 28.9. The van der Waals surface area contributed by atoms with Crippen molar-refractivity contribution in [3.63, 3.8) is 0 Å². The van der Waals surface area contributed by atoms with Gasteiger partial charge < -0.3 is 19.3 Å². The minimum Gasteiger partial charge on any atom is -0.493 e. The summed E-state index contributed by atoms with van der Waals surface area (Å²) >= 11 is 0. The summed E-state index contributed by atoms with van der Waals surface area (Å²) in [6, 6.07) is 18.8. The lowest BCUT2D eigenvalue weighted by Gasteiger charge is -2.38. The second kappa shape index (κ2) is 9.45. The Morgan fingerprint density at radius 2 is 1.34 bits per heavy atom. The summed E-state index contributed by atoms with van der Waals surface area (Å²) in [6.45, 7) is 5.97. The second-order valence-electron chi connectivity index (χ2n) is 7.51. The molecule has 29 heavy (non-hydrogen) atoms. The molecule has 1 aliphatic heterocycles. The van der Waals surface area contributed by atoms with Gasteiger partial charge in [-0.1, -0.05) is 36.4 Å². The summed E-state index contributed by atoms with van der Waals surface area (Å²) in [6.07, 6.45) is 0.325. The Morgan fingerprint density at radius 1 is 0.828 bits per heavy atom. The zero-order valence-corrected chi connectivity index (χ0v) is 17.0. The molecule has 2 amide bonds. The lowest BCUT2D eigenvalue weighted by Crippen LogP contribution is -2.56. The molecule has 1 saturated heterocycles. The predicted octanol–water partition coefficient (Wildman–Crippen LogP) is 2.98. The van der Waals surface area contributed by atoms with E-state index in [2.05, 4.69) is 0 Å². The van der Waals surface area contributed by atoms with Crippen molar-refractivity contribution in [3.05, 3.63) is 60.7 Å². The van der Waals surface area contributed by atoms with Gasteiger partial charge in [0.2, 0.25) is 5.91 Å². The Hall–Kier alpha value is -3.02. The van der Waals surface area contributed by atoms with Gasteiger partial charge in [0.25, 0.3) is 5.91 Å². The van der Waals surface area contributed by atoms with E-state index in [1.165, 1.54) is 0 Å². The van der Waals surface area contributed by atoms with Crippen LogP contribution in [0.15, 0.2) is 60.7 Å². The van der Waals surface area contributed by atoms with Crippen LogP contribution in [0.2, 0.25) is 0 Å². The van der Waals surface area contributed by atoms with Crippen LogP contribution in [-0.4, -0.2) is 60.0 Å². The van der Waals surface area contributed by atoms with Crippen molar-refractivity contribution in [2.45, 2.75) is 25.9 Å². The minimum absolute atomic E-state index is 0.0489. The number of rotatable bonds is 7. The van der Waals surface area contributed by atoms with Crippen molar-refractivity contribution in [2.75, 3.05) is 32.8 Å². The topological polar surface area (TPSA) is 59.1 Å². The van der Waals surface area contributed by atoms with Crippen LogP contribution in [0.4, 0.5) is 0 Å². The number of benzene rings is 2. The highest BCUT2D eigenvalue weighted by molar-refractivity contribution is 5.85. The lowest BCUT2D eigenvalue weighted by atomic mass is 10.1. The van der Waals surface area contributed by atoms with Gasteiger partial charge in [0, 0.05) is 26.2 Å². The first kappa shape index (κ1) is 20.7. The van der Waals surface area contributed by atoms with E-state index < -0.39 is 5.60 Å². The monoisotopic (exact) mass is 396 g/mol. The van der Waals surface area contributed by atoms with Gasteiger partial charge in [-0.2, -0.15) is 0 Å². The van der Waals surface area contributed by atoms with Gasteiger partial charge in [-0.25, -0.2) is 0 Å². The minimum atomic E-state index is -0.961. The average Bonchev–Trinajstić information content (AvgIpc) is 2.74. The zero-order chi connectivity index (χ0) is 20.7. The number of para-hydroxylation sites is 2. The largest absolute Gasteiger partial charge is 0.493 e. The molecule has 0 atom stereocenters. The van der Waals surface area contributed by atoms with Gasteiger partial charge in [0.15, 0.2) is 5.60 Å². The van der Waals surface area contributed by atoms with E-state index in [0.717, 1.165) is 5.75 Å². The summed E-state index contributed by atoms with van der Waals surface area (Å²) in [5, 5.41) is 0. The summed E-state index contributed by atoms with van der Waals surface area (Å²) < 4.78 is 11.5. The maximum Gasteiger partial charge on any atom is 0.266 e. The summed E-state index contributed by atoms with van der Waals surface area (Å²) in [5.41, 5.74) is -0.961. The first-order chi connectivity index (χ1) is 14.0. The summed E-state index contributed by atoms with van der Waals surface area (Å²) in [7, 11) is 0. The Morgan fingerprint density at radius 3 is 1.93 bits per heavy atom. The van der Waals surface area contributed by atoms with Crippen LogP contribution < -0.4 is 9.47 Å². The molecular formula is C23H28N2O4.